The van der Waals surface area contributed by atoms with Crippen molar-refractivity contribution in [1.29, 1.82) is 0 Å². The first-order chi connectivity index (χ1) is 19.0. The second-order valence-electron chi connectivity index (χ2n) is 9.43. The summed E-state index contributed by atoms with van der Waals surface area (Å²) >= 11 is 0. The van der Waals surface area contributed by atoms with Crippen molar-refractivity contribution in [3.8, 4) is 11.5 Å². The zero-order valence-corrected chi connectivity index (χ0v) is 23.2. The Hall–Kier alpha value is -3.88. The highest BCUT2D eigenvalue weighted by Crippen LogP contribution is 2.30. The fourth-order valence-corrected chi connectivity index (χ4v) is 4.32. The van der Waals surface area contributed by atoms with Crippen LogP contribution in [0.15, 0.2) is 78.9 Å². The minimum atomic E-state index is -0.631. The lowest BCUT2D eigenvalue weighted by Crippen LogP contribution is -2.31. The van der Waals surface area contributed by atoms with Crippen molar-refractivity contribution in [3.63, 3.8) is 0 Å². The maximum atomic E-state index is 12.7. The molecule has 0 heterocycles. The summed E-state index contributed by atoms with van der Waals surface area (Å²) in [7, 11) is 0. The van der Waals surface area contributed by atoms with Crippen molar-refractivity contribution in [3.05, 3.63) is 95.6 Å². The molecule has 212 valence electrons. The monoisotopic (exact) mass is 567 g/mol. The molecule has 1 amide bonds. The quantitative estimate of drug-likeness (QED) is 0.163. The first-order valence-corrected chi connectivity index (χ1v) is 13.2. The van der Waals surface area contributed by atoms with Crippen molar-refractivity contribution in [2.75, 3.05) is 13.2 Å². The molecule has 40 heavy (non-hydrogen) atoms. The second kappa shape index (κ2) is 15.6. The summed E-state index contributed by atoms with van der Waals surface area (Å²) in [4.78, 5) is 37.5. The van der Waals surface area contributed by atoms with Crippen LogP contribution in [-0.2, 0) is 15.9 Å². The van der Waals surface area contributed by atoms with Crippen LogP contribution in [0.1, 0.15) is 58.9 Å². The maximum absolute atomic E-state index is 12.7. The Labute approximate surface area is 240 Å². The average Bonchev–Trinajstić information content (AvgIpc) is 3.48. The van der Waals surface area contributed by atoms with Gasteiger partial charge in [-0.15, -0.1) is 12.4 Å². The molecule has 0 spiro atoms. The Morgan fingerprint density at radius 2 is 1.40 bits per heavy atom. The zero-order chi connectivity index (χ0) is 27.5. The lowest BCUT2D eigenvalue weighted by molar-refractivity contribution is -0.100. The molecule has 3 aromatic carbocycles. The predicted octanol–water partition coefficient (Wildman–Crippen LogP) is 6.37. The topological polar surface area (TPSA) is 100 Å². The Morgan fingerprint density at radius 1 is 0.825 bits per heavy atom. The van der Waals surface area contributed by atoms with Crippen LogP contribution in [0.3, 0.4) is 0 Å². The van der Waals surface area contributed by atoms with E-state index in [-0.39, 0.29) is 30.5 Å². The number of halogens is 1. The number of benzene rings is 3. The van der Waals surface area contributed by atoms with Crippen LogP contribution < -0.4 is 14.8 Å². The molecule has 1 unspecified atom stereocenters. The summed E-state index contributed by atoms with van der Waals surface area (Å²) in [6.07, 6.45) is 4.00. The molecule has 1 aliphatic carbocycles. The van der Waals surface area contributed by atoms with Crippen LogP contribution in [0.5, 0.6) is 11.5 Å². The van der Waals surface area contributed by atoms with E-state index in [4.69, 9.17) is 18.9 Å². The minimum Gasteiger partial charge on any atom is -0.420 e. The molecule has 0 saturated heterocycles. The van der Waals surface area contributed by atoms with Crippen molar-refractivity contribution in [2.24, 2.45) is 5.92 Å². The number of carbonyl (C=O) groups is 3. The molecule has 1 atom stereocenters. The van der Waals surface area contributed by atoms with Crippen molar-refractivity contribution in [2.45, 2.75) is 45.3 Å². The molecule has 1 N–H and O–H groups in total. The third-order valence-corrected chi connectivity index (χ3v) is 6.43. The molecule has 1 fully saturated rings. The van der Waals surface area contributed by atoms with Gasteiger partial charge in [0.2, 0.25) is 6.29 Å². The fourth-order valence-electron chi connectivity index (χ4n) is 4.32. The van der Waals surface area contributed by atoms with E-state index in [1.807, 2.05) is 0 Å². The molecule has 0 radical (unpaired) electrons. The molecule has 1 aliphatic rings. The van der Waals surface area contributed by atoms with Gasteiger partial charge in [0.15, 0.2) is 11.5 Å². The smallest absolute Gasteiger partial charge is 0.409 e. The Morgan fingerprint density at radius 3 is 2.00 bits per heavy atom. The van der Waals surface area contributed by atoms with Crippen LogP contribution in [0, 0.1) is 5.92 Å². The van der Waals surface area contributed by atoms with Gasteiger partial charge in [-0.05, 0) is 74.1 Å². The fraction of sp³-hybridized carbons (Fsp3) is 0.323. The van der Waals surface area contributed by atoms with Crippen LogP contribution in [0.2, 0.25) is 0 Å². The summed E-state index contributed by atoms with van der Waals surface area (Å²) in [6, 6.07) is 22.0. The van der Waals surface area contributed by atoms with Crippen molar-refractivity contribution in [1.82, 2.24) is 5.32 Å². The van der Waals surface area contributed by atoms with Gasteiger partial charge in [0, 0.05) is 6.54 Å². The van der Waals surface area contributed by atoms with E-state index in [2.05, 4.69) is 5.32 Å². The molecular weight excluding hydrogens is 534 g/mol. The highest BCUT2D eigenvalue weighted by molar-refractivity contribution is 5.93. The number of hydrogen-bond acceptors (Lipinski definition) is 7. The third-order valence-electron chi connectivity index (χ3n) is 6.43. The molecule has 4 rings (SSSR count). The van der Waals surface area contributed by atoms with Crippen LogP contribution in [0.25, 0.3) is 0 Å². The van der Waals surface area contributed by atoms with E-state index in [1.165, 1.54) is 12.8 Å². The van der Waals surface area contributed by atoms with Crippen LogP contribution in [-0.4, -0.2) is 37.5 Å². The summed E-state index contributed by atoms with van der Waals surface area (Å²) in [5.41, 5.74) is 1.49. The SMILES string of the molecule is CC(OCC1CCCC1)OC(=O)NCCc1ccc(OC(=O)c2ccccc2)c(OC(=O)c2ccccc2)c1.Cl. The van der Waals surface area contributed by atoms with Gasteiger partial charge in [0.05, 0.1) is 17.7 Å². The first-order valence-electron chi connectivity index (χ1n) is 13.2. The molecule has 1 saturated carbocycles. The van der Waals surface area contributed by atoms with E-state index >= 15 is 0 Å². The minimum absolute atomic E-state index is 0. The number of nitrogens with one attached hydrogen (secondary N) is 1. The second-order valence-corrected chi connectivity index (χ2v) is 9.43. The standard InChI is InChI=1S/C31H33NO7.ClH/c1-22(36-21-24-10-8-9-11-24)37-31(35)32-19-18-23-16-17-27(38-29(33)25-12-4-2-5-13-25)28(20-23)39-30(34)26-14-6-3-7-15-26;/h2-7,12-17,20,22,24H,8-11,18-19,21H2,1H3,(H,32,35);1H. The summed E-state index contributed by atoms with van der Waals surface area (Å²) < 4.78 is 22.1. The van der Waals surface area contributed by atoms with E-state index < -0.39 is 24.3 Å². The van der Waals surface area contributed by atoms with E-state index in [1.54, 1.807) is 85.8 Å². The molecule has 0 aliphatic heterocycles. The van der Waals surface area contributed by atoms with Gasteiger partial charge in [0.25, 0.3) is 0 Å². The number of hydrogen-bond donors (Lipinski definition) is 1. The van der Waals surface area contributed by atoms with Gasteiger partial charge < -0.3 is 24.3 Å². The van der Waals surface area contributed by atoms with Gasteiger partial charge in [-0.3, -0.25) is 0 Å². The normalized spacial score (nSPS) is 13.5. The number of alkyl carbamates (subject to hydrolysis) is 1. The van der Waals surface area contributed by atoms with Gasteiger partial charge in [-0.1, -0.05) is 55.3 Å². The maximum Gasteiger partial charge on any atom is 0.409 e. The molecule has 9 heteroatoms. The largest absolute Gasteiger partial charge is 0.420 e. The van der Waals surface area contributed by atoms with E-state index in [0.29, 0.717) is 30.1 Å². The Bertz CT molecular complexity index is 1250. The van der Waals surface area contributed by atoms with Gasteiger partial charge in [0.1, 0.15) is 0 Å². The summed E-state index contributed by atoms with van der Waals surface area (Å²) in [6.45, 7) is 2.58. The van der Waals surface area contributed by atoms with Crippen molar-refractivity contribution >= 4 is 30.4 Å². The zero-order valence-electron chi connectivity index (χ0n) is 22.4. The highest BCUT2D eigenvalue weighted by atomic mass is 35.5. The number of ether oxygens (including phenoxy) is 4. The molecule has 0 aromatic heterocycles. The highest BCUT2D eigenvalue weighted by Gasteiger charge is 2.19. The third kappa shape index (κ3) is 9.39. The average molecular weight is 568 g/mol. The predicted molar refractivity (Wildman–Crippen MR) is 152 cm³/mol. The molecule has 8 nitrogen and oxygen atoms in total. The van der Waals surface area contributed by atoms with E-state index in [0.717, 1.165) is 18.4 Å². The lowest BCUT2D eigenvalue weighted by atomic mass is 10.1. The number of rotatable bonds is 11. The van der Waals surface area contributed by atoms with Gasteiger partial charge >= 0.3 is 18.0 Å². The lowest BCUT2D eigenvalue weighted by Gasteiger charge is -2.17. The van der Waals surface area contributed by atoms with Crippen molar-refractivity contribution < 1.29 is 33.3 Å². The van der Waals surface area contributed by atoms with Gasteiger partial charge in [-0.25, -0.2) is 14.4 Å². The van der Waals surface area contributed by atoms with Crippen LogP contribution >= 0.6 is 12.4 Å². The van der Waals surface area contributed by atoms with Gasteiger partial charge in [-0.2, -0.15) is 0 Å². The summed E-state index contributed by atoms with van der Waals surface area (Å²) in [5, 5.41) is 2.71. The van der Waals surface area contributed by atoms with E-state index in [9.17, 15) is 14.4 Å². The first kappa shape index (κ1) is 30.7. The number of carbonyl (C=O) groups excluding carboxylic acids is 3. The van der Waals surface area contributed by atoms with Crippen LogP contribution in [0.4, 0.5) is 4.79 Å². The Balaban J connectivity index is 0.00000441. The Kier molecular flexibility index (Phi) is 12.0. The number of amides is 1. The molecule has 3 aromatic rings. The number of esters is 2. The molecule has 0 bridgehead atoms. The molecular formula is C31H34ClNO7. The summed E-state index contributed by atoms with van der Waals surface area (Å²) in [5.74, 6) is -0.411.